The van der Waals surface area contributed by atoms with Crippen LogP contribution < -0.4 is 16.0 Å². The number of hydrogen-bond donors (Lipinski definition) is 3. The molecule has 2 aromatic rings. The number of rotatable bonds is 7. The number of anilines is 1. The number of nitrogens with two attached hydrogens (primary N) is 1. The first kappa shape index (κ1) is 23.8. The van der Waals surface area contributed by atoms with Crippen molar-refractivity contribution in [3.63, 3.8) is 0 Å². The van der Waals surface area contributed by atoms with E-state index in [9.17, 15) is 14.4 Å². The van der Waals surface area contributed by atoms with Gasteiger partial charge in [0.2, 0.25) is 11.8 Å². The van der Waals surface area contributed by atoms with Gasteiger partial charge in [0, 0.05) is 37.9 Å². The maximum atomic E-state index is 13.3. The average molecular weight is 465 g/mol. The van der Waals surface area contributed by atoms with Gasteiger partial charge in [-0.15, -0.1) is 0 Å². The van der Waals surface area contributed by atoms with E-state index in [1.165, 1.54) is 0 Å². The van der Waals surface area contributed by atoms with Crippen LogP contribution in [-0.2, 0) is 9.59 Å². The number of hydrogen-bond acceptors (Lipinski definition) is 5. The summed E-state index contributed by atoms with van der Waals surface area (Å²) in [4.78, 5) is 41.1. The lowest BCUT2D eigenvalue weighted by atomic mass is 9.82. The minimum absolute atomic E-state index is 0.107. The van der Waals surface area contributed by atoms with Gasteiger partial charge in [-0.1, -0.05) is 43.2 Å². The predicted octanol–water partition coefficient (Wildman–Crippen LogP) is 2.41. The average Bonchev–Trinajstić information content (AvgIpc) is 2.87. The molecule has 1 heterocycles. The summed E-state index contributed by atoms with van der Waals surface area (Å²) in [7, 11) is 0. The molecule has 0 spiro atoms. The summed E-state index contributed by atoms with van der Waals surface area (Å²) in [5, 5.41) is 12.0. The van der Waals surface area contributed by atoms with Gasteiger partial charge < -0.3 is 21.1 Å². The molecule has 2 aromatic carbocycles. The first-order chi connectivity index (χ1) is 16.4. The van der Waals surface area contributed by atoms with Crippen LogP contribution in [0, 0.1) is 5.92 Å². The van der Waals surface area contributed by atoms with Gasteiger partial charge in [0.25, 0.3) is 0 Å². The SMILES string of the molecule is NC(=O)[C@@H](NC(=O)[C@@H]1CCCC[C@H]1N1CCN(c2ccc(C(=O)O)cc2)CC1)c1ccccc1. The van der Waals surface area contributed by atoms with Gasteiger partial charge in [0.15, 0.2) is 0 Å². The Kier molecular flexibility index (Phi) is 7.47. The second kappa shape index (κ2) is 10.7. The zero-order chi connectivity index (χ0) is 24.1. The van der Waals surface area contributed by atoms with Gasteiger partial charge in [-0.3, -0.25) is 14.5 Å². The third-order valence-electron chi connectivity index (χ3n) is 7.03. The Morgan fingerprint density at radius 3 is 2.18 bits per heavy atom. The summed E-state index contributed by atoms with van der Waals surface area (Å²) < 4.78 is 0. The number of piperazine rings is 1. The molecule has 180 valence electrons. The molecule has 8 nitrogen and oxygen atoms in total. The van der Waals surface area contributed by atoms with Crippen molar-refractivity contribution in [3.8, 4) is 0 Å². The first-order valence-electron chi connectivity index (χ1n) is 11.9. The fourth-order valence-electron chi connectivity index (χ4n) is 5.19. The molecule has 0 bridgehead atoms. The van der Waals surface area contributed by atoms with Gasteiger partial charge in [0.1, 0.15) is 6.04 Å². The monoisotopic (exact) mass is 464 g/mol. The van der Waals surface area contributed by atoms with E-state index in [-0.39, 0.29) is 23.4 Å². The van der Waals surface area contributed by atoms with E-state index in [1.807, 2.05) is 30.3 Å². The lowest BCUT2D eigenvalue weighted by Gasteiger charge is -2.44. The van der Waals surface area contributed by atoms with Crippen molar-refractivity contribution in [1.82, 2.24) is 10.2 Å². The van der Waals surface area contributed by atoms with Crippen molar-refractivity contribution >= 4 is 23.5 Å². The highest BCUT2D eigenvalue weighted by Gasteiger charge is 2.37. The quantitative estimate of drug-likeness (QED) is 0.580. The van der Waals surface area contributed by atoms with Crippen molar-refractivity contribution in [2.24, 2.45) is 11.7 Å². The molecule has 34 heavy (non-hydrogen) atoms. The molecule has 2 amide bonds. The highest BCUT2D eigenvalue weighted by atomic mass is 16.4. The molecular formula is C26H32N4O4. The third-order valence-corrected chi connectivity index (χ3v) is 7.03. The Bertz CT molecular complexity index is 1000. The Morgan fingerprint density at radius 1 is 0.912 bits per heavy atom. The van der Waals surface area contributed by atoms with Gasteiger partial charge in [0.05, 0.1) is 11.5 Å². The van der Waals surface area contributed by atoms with E-state index < -0.39 is 17.9 Å². The van der Waals surface area contributed by atoms with E-state index in [0.717, 1.165) is 57.5 Å². The minimum atomic E-state index is -0.927. The zero-order valence-corrected chi connectivity index (χ0v) is 19.2. The van der Waals surface area contributed by atoms with Crippen LogP contribution in [0.4, 0.5) is 5.69 Å². The van der Waals surface area contributed by atoms with Crippen LogP contribution in [0.25, 0.3) is 0 Å². The highest BCUT2D eigenvalue weighted by Crippen LogP contribution is 2.31. The molecule has 2 fully saturated rings. The molecule has 2 aliphatic rings. The van der Waals surface area contributed by atoms with E-state index in [4.69, 9.17) is 10.8 Å². The molecular weight excluding hydrogens is 432 g/mol. The van der Waals surface area contributed by atoms with Crippen molar-refractivity contribution < 1.29 is 19.5 Å². The Hall–Kier alpha value is -3.39. The number of nitrogens with one attached hydrogen (secondary N) is 1. The maximum Gasteiger partial charge on any atom is 0.335 e. The number of carboxylic acids is 1. The van der Waals surface area contributed by atoms with Crippen LogP contribution in [0.2, 0.25) is 0 Å². The molecule has 0 aromatic heterocycles. The van der Waals surface area contributed by atoms with Crippen LogP contribution in [0.5, 0.6) is 0 Å². The number of carbonyl (C=O) groups excluding carboxylic acids is 2. The lowest BCUT2D eigenvalue weighted by Crippen LogP contribution is -2.56. The third kappa shape index (κ3) is 5.39. The second-order valence-corrected chi connectivity index (χ2v) is 9.09. The van der Waals surface area contributed by atoms with Gasteiger partial charge in [-0.05, 0) is 42.7 Å². The van der Waals surface area contributed by atoms with Crippen molar-refractivity contribution in [2.75, 3.05) is 31.1 Å². The van der Waals surface area contributed by atoms with Crippen LogP contribution in [0.3, 0.4) is 0 Å². The number of benzene rings is 2. The molecule has 0 radical (unpaired) electrons. The van der Waals surface area contributed by atoms with E-state index >= 15 is 0 Å². The van der Waals surface area contributed by atoms with Crippen LogP contribution in [-0.4, -0.2) is 60.0 Å². The van der Waals surface area contributed by atoms with Crippen LogP contribution >= 0.6 is 0 Å². The number of nitrogens with zero attached hydrogens (tertiary/aromatic N) is 2. The summed E-state index contributed by atoms with van der Waals surface area (Å²) in [6.07, 6.45) is 3.84. The molecule has 8 heteroatoms. The summed E-state index contributed by atoms with van der Waals surface area (Å²) in [6.45, 7) is 3.27. The summed E-state index contributed by atoms with van der Waals surface area (Å²) in [5.74, 6) is -1.77. The molecule has 1 saturated carbocycles. The van der Waals surface area contributed by atoms with Gasteiger partial charge in [-0.25, -0.2) is 4.79 Å². The summed E-state index contributed by atoms with van der Waals surface area (Å²) in [5.41, 5.74) is 7.60. The Morgan fingerprint density at radius 2 is 1.56 bits per heavy atom. The summed E-state index contributed by atoms with van der Waals surface area (Å²) in [6, 6.07) is 15.4. The van der Waals surface area contributed by atoms with Gasteiger partial charge >= 0.3 is 5.97 Å². The van der Waals surface area contributed by atoms with Crippen molar-refractivity contribution in [1.29, 1.82) is 0 Å². The normalized spacial score (nSPS) is 22.1. The number of carbonyl (C=O) groups is 3. The topological polar surface area (TPSA) is 116 Å². The standard InChI is InChI=1S/C26H32N4O4/c27-24(31)23(18-6-2-1-3-7-18)28-25(32)21-8-4-5-9-22(21)30-16-14-29(15-17-30)20-12-10-19(11-13-20)26(33)34/h1-3,6-7,10-13,21-23H,4-5,8-9,14-17H2,(H2,27,31)(H,28,32)(H,33,34)/t21-,22-,23+/m1/s1. The molecule has 0 unspecified atom stereocenters. The van der Waals surface area contributed by atoms with Crippen LogP contribution in [0.15, 0.2) is 54.6 Å². The fraction of sp³-hybridized carbons (Fsp3) is 0.423. The summed E-state index contributed by atoms with van der Waals surface area (Å²) >= 11 is 0. The van der Waals surface area contributed by atoms with Crippen molar-refractivity contribution in [2.45, 2.75) is 37.8 Å². The van der Waals surface area contributed by atoms with E-state index in [1.54, 1.807) is 24.3 Å². The van der Waals surface area contributed by atoms with E-state index in [2.05, 4.69) is 15.1 Å². The maximum absolute atomic E-state index is 13.3. The Balaban J connectivity index is 1.39. The Labute approximate surface area is 199 Å². The molecule has 1 aliphatic carbocycles. The number of aromatic carboxylic acids is 1. The smallest absolute Gasteiger partial charge is 0.335 e. The highest BCUT2D eigenvalue weighted by molar-refractivity contribution is 5.89. The first-order valence-corrected chi connectivity index (χ1v) is 11.9. The largest absolute Gasteiger partial charge is 0.478 e. The number of primary amides is 1. The fourth-order valence-corrected chi connectivity index (χ4v) is 5.19. The lowest BCUT2D eigenvalue weighted by molar-refractivity contribution is -0.132. The zero-order valence-electron chi connectivity index (χ0n) is 19.2. The molecule has 4 rings (SSSR count). The molecule has 3 atom stereocenters. The van der Waals surface area contributed by atoms with E-state index in [0.29, 0.717) is 5.56 Å². The van der Waals surface area contributed by atoms with Crippen molar-refractivity contribution in [3.05, 3.63) is 65.7 Å². The predicted molar refractivity (Wildman–Crippen MR) is 129 cm³/mol. The van der Waals surface area contributed by atoms with Crippen LogP contribution in [0.1, 0.15) is 47.6 Å². The second-order valence-electron chi connectivity index (χ2n) is 9.09. The number of carboxylic acid groups (broad SMARTS) is 1. The molecule has 1 saturated heterocycles. The van der Waals surface area contributed by atoms with Gasteiger partial charge in [-0.2, -0.15) is 0 Å². The number of amides is 2. The minimum Gasteiger partial charge on any atom is -0.478 e. The molecule has 1 aliphatic heterocycles. The molecule has 4 N–H and O–H groups in total.